The van der Waals surface area contributed by atoms with Crippen molar-refractivity contribution in [3.63, 3.8) is 0 Å². The third-order valence-corrected chi connectivity index (χ3v) is 3.12. The van der Waals surface area contributed by atoms with Gasteiger partial charge in [-0.3, -0.25) is 0 Å². The fourth-order valence-electron chi connectivity index (χ4n) is 2.13. The lowest BCUT2D eigenvalue weighted by molar-refractivity contribution is -0.00708. The summed E-state index contributed by atoms with van der Waals surface area (Å²) in [5.41, 5.74) is -0.402. The van der Waals surface area contributed by atoms with Crippen molar-refractivity contribution in [2.24, 2.45) is 5.92 Å². The Morgan fingerprint density at radius 3 is 2.42 bits per heavy atom. The predicted octanol–water partition coefficient (Wildman–Crippen LogP) is 1.54. The molecule has 1 rings (SSSR count). The second kappa shape index (κ2) is 4.24. The van der Waals surface area contributed by atoms with Crippen molar-refractivity contribution in [1.29, 1.82) is 0 Å². The normalized spacial score (nSPS) is 36.8. The van der Waals surface area contributed by atoms with Crippen LogP contribution < -0.4 is 5.32 Å². The first-order valence-corrected chi connectivity index (χ1v) is 5.07. The molecular weight excluding hydrogens is 150 g/mol. The average Bonchev–Trinajstić information content (AvgIpc) is 2.06. The molecule has 2 heteroatoms. The Labute approximate surface area is 75.4 Å². The van der Waals surface area contributed by atoms with Crippen LogP contribution in [-0.4, -0.2) is 24.3 Å². The number of likely N-dealkylation sites (N-methyl/N-ethyl adjacent to an activating group) is 1. The molecule has 1 aliphatic rings. The van der Waals surface area contributed by atoms with Gasteiger partial charge in [0, 0.05) is 6.54 Å². The molecule has 12 heavy (non-hydrogen) atoms. The zero-order valence-corrected chi connectivity index (χ0v) is 8.27. The monoisotopic (exact) mass is 171 g/mol. The van der Waals surface area contributed by atoms with Crippen LogP contribution in [0.4, 0.5) is 0 Å². The van der Waals surface area contributed by atoms with Gasteiger partial charge < -0.3 is 10.4 Å². The fraction of sp³-hybridized carbons (Fsp3) is 1.00. The predicted molar refractivity (Wildman–Crippen MR) is 51.1 cm³/mol. The molecule has 0 atom stereocenters. The van der Waals surface area contributed by atoms with Crippen LogP contribution in [0.15, 0.2) is 0 Å². The van der Waals surface area contributed by atoms with Gasteiger partial charge in [-0.2, -0.15) is 0 Å². The van der Waals surface area contributed by atoms with Gasteiger partial charge in [0.2, 0.25) is 0 Å². The highest BCUT2D eigenvalue weighted by molar-refractivity contribution is 4.86. The van der Waals surface area contributed by atoms with Gasteiger partial charge in [-0.05, 0) is 38.6 Å². The number of aliphatic hydroxyl groups is 1. The highest BCUT2D eigenvalue weighted by Gasteiger charge is 2.31. The molecule has 0 unspecified atom stereocenters. The molecule has 2 nitrogen and oxygen atoms in total. The van der Waals surface area contributed by atoms with E-state index in [9.17, 15) is 5.11 Å². The van der Waals surface area contributed by atoms with Gasteiger partial charge in [0.05, 0.1) is 5.60 Å². The fourth-order valence-corrected chi connectivity index (χ4v) is 2.13. The summed E-state index contributed by atoms with van der Waals surface area (Å²) in [7, 11) is 1.91. The minimum Gasteiger partial charge on any atom is -0.389 e. The molecule has 0 saturated heterocycles. The molecule has 1 aliphatic carbocycles. The van der Waals surface area contributed by atoms with Crippen LogP contribution in [0.2, 0.25) is 0 Å². The molecule has 1 saturated carbocycles. The molecule has 1 fully saturated rings. The van der Waals surface area contributed by atoms with E-state index in [1.54, 1.807) is 0 Å². The highest BCUT2D eigenvalue weighted by atomic mass is 16.3. The average molecular weight is 171 g/mol. The van der Waals surface area contributed by atoms with Gasteiger partial charge >= 0.3 is 0 Å². The molecule has 2 N–H and O–H groups in total. The summed E-state index contributed by atoms with van der Waals surface area (Å²) in [6.45, 7) is 3.00. The van der Waals surface area contributed by atoms with E-state index in [-0.39, 0.29) is 0 Å². The minimum absolute atomic E-state index is 0.402. The van der Waals surface area contributed by atoms with Gasteiger partial charge in [0.1, 0.15) is 0 Å². The molecule has 0 aliphatic heterocycles. The molecule has 72 valence electrons. The topological polar surface area (TPSA) is 32.3 Å². The third kappa shape index (κ3) is 2.46. The highest BCUT2D eigenvalue weighted by Crippen LogP contribution is 2.32. The van der Waals surface area contributed by atoms with Crippen molar-refractivity contribution in [3.05, 3.63) is 0 Å². The quantitative estimate of drug-likeness (QED) is 0.675. The Kier molecular flexibility index (Phi) is 3.53. The van der Waals surface area contributed by atoms with E-state index in [1.807, 2.05) is 7.05 Å². The zero-order chi connectivity index (χ0) is 9.03. The van der Waals surface area contributed by atoms with Crippen LogP contribution in [-0.2, 0) is 0 Å². The van der Waals surface area contributed by atoms with Crippen LogP contribution in [0.3, 0.4) is 0 Å². The third-order valence-electron chi connectivity index (χ3n) is 3.12. The van der Waals surface area contributed by atoms with E-state index in [4.69, 9.17) is 0 Å². The summed E-state index contributed by atoms with van der Waals surface area (Å²) in [6.07, 6.45) is 5.64. The summed E-state index contributed by atoms with van der Waals surface area (Å²) >= 11 is 0. The Morgan fingerprint density at radius 1 is 1.42 bits per heavy atom. The van der Waals surface area contributed by atoms with E-state index in [0.29, 0.717) is 0 Å². The zero-order valence-electron chi connectivity index (χ0n) is 8.27. The van der Waals surface area contributed by atoms with Crippen molar-refractivity contribution in [1.82, 2.24) is 5.32 Å². The Morgan fingerprint density at radius 2 is 2.00 bits per heavy atom. The number of hydrogen-bond acceptors (Lipinski definition) is 2. The smallest absolute Gasteiger partial charge is 0.0771 e. The van der Waals surface area contributed by atoms with Crippen LogP contribution in [0.5, 0.6) is 0 Å². The lowest BCUT2D eigenvalue weighted by Crippen LogP contribution is -2.42. The van der Waals surface area contributed by atoms with Crippen LogP contribution in [0.1, 0.15) is 39.0 Å². The van der Waals surface area contributed by atoms with Gasteiger partial charge in [-0.1, -0.05) is 13.3 Å². The van der Waals surface area contributed by atoms with E-state index < -0.39 is 5.60 Å². The Hall–Kier alpha value is -0.0800. The van der Waals surface area contributed by atoms with Crippen molar-refractivity contribution in [3.8, 4) is 0 Å². The van der Waals surface area contributed by atoms with E-state index in [0.717, 1.165) is 25.3 Å². The molecule has 0 aromatic carbocycles. The van der Waals surface area contributed by atoms with Crippen molar-refractivity contribution >= 4 is 0 Å². The van der Waals surface area contributed by atoms with E-state index >= 15 is 0 Å². The molecule has 0 radical (unpaired) electrons. The standard InChI is InChI=1S/C10H21NO/c1-3-9-4-6-10(12,7-5-9)8-11-2/h9,11-12H,3-8H2,1-2H3. The summed E-state index contributed by atoms with van der Waals surface area (Å²) < 4.78 is 0. The lowest BCUT2D eigenvalue weighted by Gasteiger charge is -2.35. The maximum atomic E-state index is 10.0. The molecular formula is C10H21NO. The van der Waals surface area contributed by atoms with Gasteiger partial charge in [-0.25, -0.2) is 0 Å². The van der Waals surface area contributed by atoms with Crippen LogP contribution >= 0.6 is 0 Å². The van der Waals surface area contributed by atoms with Gasteiger partial charge in [0.25, 0.3) is 0 Å². The lowest BCUT2D eigenvalue weighted by atomic mass is 9.78. The first-order valence-electron chi connectivity index (χ1n) is 5.07. The van der Waals surface area contributed by atoms with Gasteiger partial charge in [-0.15, -0.1) is 0 Å². The van der Waals surface area contributed by atoms with Crippen LogP contribution in [0, 0.1) is 5.92 Å². The second-order valence-corrected chi connectivity index (χ2v) is 4.11. The molecule has 0 heterocycles. The Bertz CT molecular complexity index is 128. The second-order valence-electron chi connectivity index (χ2n) is 4.11. The SMILES string of the molecule is CCC1CCC(O)(CNC)CC1. The van der Waals surface area contributed by atoms with E-state index in [2.05, 4.69) is 12.2 Å². The first kappa shape index (κ1) is 10.0. The maximum absolute atomic E-state index is 10.0. The molecule has 0 aromatic heterocycles. The van der Waals surface area contributed by atoms with Crippen molar-refractivity contribution in [2.45, 2.75) is 44.6 Å². The number of nitrogens with one attached hydrogen (secondary N) is 1. The Balaban J connectivity index is 2.33. The van der Waals surface area contributed by atoms with Crippen molar-refractivity contribution in [2.75, 3.05) is 13.6 Å². The number of rotatable bonds is 3. The van der Waals surface area contributed by atoms with Gasteiger partial charge in [0.15, 0.2) is 0 Å². The summed E-state index contributed by atoms with van der Waals surface area (Å²) in [4.78, 5) is 0. The van der Waals surface area contributed by atoms with Crippen LogP contribution in [0.25, 0.3) is 0 Å². The summed E-state index contributed by atoms with van der Waals surface area (Å²) in [5, 5.41) is 13.1. The summed E-state index contributed by atoms with van der Waals surface area (Å²) in [6, 6.07) is 0. The molecule has 0 amide bonds. The first-order chi connectivity index (χ1) is 5.70. The molecule has 0 spiro atoms. The minimum atomic E-state index is -0.402. The molecule has 0 aromatic rings. The molecule has 0 bridgehead atoms. The maximum Gasteiger partial charge on any atom is 0.0771 e. The largest absolute Gasteiger partial charge is 0.389 e. The van der Waals surface area contributed by atoms with Crippen molar-refractivity contribution < 1.29 is 5.11 Å². The summed E-state index contributed by atoms with van der Waals surface area (Å²) in [5.74, 6) is 0.863. The van der Waals surface area contributed by atoms with E-state index in [1.165, 1.54) is 19.3 Å². The number of hydrogen-bond donors (Lipinski definition) is 2.